The Morgan fingerprint density at radius 2 is 1.42 bits per heavy atom. The highest BCUT2D eigenvalue weighted by atomic mass is 16.3. The lowest BCUT2D eigenvalue weighted by atomic mass is 10.1. The van der Waals surface area contributed by atoms with E-state index >= 15 is 0 Å². The Bertz CT molecular complexity index is 1960. The first kappa shape index (κ1) is 34.5. The Hall–Kier alpha value is -5.90. The molecule has 5 aromatic rings. The van der Waals surface area contributed by atoms with Crippen LogP contribution in [-0.4, -0.2) is 61.9 Å². The Balaban J connectivity index is 0.994. The molecule has 1 saturated carbocycles. The molecule has 10 nitrogen and oxygen atoms in total. The van der Waals surface area contributed by atoms with Gasteiger partial charge in [-0.2, -0.15) is 0 Å². The van der Waals surface area contributed by atoms with E-state index in [2.05, 4.69) is 56.6 Å². The van der Waals surface area contributed by atoms with E-state index in [-0.39, 0.29) is 35.8 Å². The summed E-state index contributed by atoms with van der Waals surface area (Å²) in [5.41, 5.74) is 6.37. The number of ketones is 1. The summed E-state index contributed by atoms with van der Waals surface area (Å²) < 4.78 is 5.58. The second kappa shape index (κ2) is 16.0. The van der Waals surface area contributed by atoms with Gasteiger partial charge in [0.2, 0.25) is 0 Å². The van der Waals surface area contributed by atoms with Crippen LogP contribution in [0.4, 0.5) is 28.4 Å². The van der Waals surface area contributed by atoms with E-state index in [4.69, 9.17) is 4.42 Å². The maximum atomic E-state index is 13.4. The highest BCUT2D eigenvalue weighted by Crippen LogP contribution is 2.39. The number of carbonyl (C=O) groups is 3. The van der Waals surface area contributed by atoms with Crippen LogP contribution in [0.1, 0.15) is 63.9 Å². The number of nitrogens with zero attached hydrogens (tertiary/aromatic N) is 4. The molecule has 0 bridgehead atoms. The molecule has 52 heavy (non-hydrogen) atoms. The zero-order chi connectivity index (χ0) is 35.9. The van der Waals surface area contributed by atoms with Gasteiger partial charge in [-0.05, 0) is 80.3 Å². The van der Waals surface area contributed by atoms with E-state index in [1.165, 1.54) is 17.5 Å². The molecule has 2 aliphatic rings. The Kier molecular flexibility index (Phi) is 10.6. The van der Waals surface area contributed by atoms with Crippen LogP contribution in [0, 0.1) is 6.92 Å². The largest absolute Gasteiger partial charge is 0.448 e. The number of nitrogens with one attached hydrogen (secondary N) is 2. The summed E-state index contributed by atoms with van der Waals surface area (Å²) in [7, 11) is 0. The van der Waals surface area contributed by atoms with Gasteiger partial charge in [0.25, 0.3) is 11.8 Å². The molecule has 2 N–H and O–H groups in total. The molecule has 1 aliphatic carbocycles. The number of aryl methyl sites for hydroxylation is 1. The first-order chi connectivity index (χ1) is 25.4. The third-order valence-corrected chi connectivity index (χ3v) is 9.65. The minimum absolute atomic E-state index is 0.0801. The second-order valence-electron chi connectivity index (χ2n) is 13.4. The number of Topliss-reactive ketones (excluding diaryl/α,β-unsaturated/α-hetero) is 1. The molecule has 10 heteroatoms. The summed E-state index contributed by atoms with van der Waals surface area (Å²) in [6.07, 6.45) is 4.27. The molecular weight excluding hydrogens is 653 g/mol. The van der Waals surface area contributed by atoms with Gasteiger partial charge >= 0.3 is 0 Å². The smallest absolute Gasteiger partial charge is 0.277 e. The van der Waals surface area contributed by atoms with Gasteiger partial charge < -0.3 is 29.8 Å². The van der Waals surface area contributed by atoms with Crippen LogP contribution >= 0.6 is 0 Å². The van der Waals surface area contributed by atoms with Gasteiger partial charge in [-0.1, -0.05) is 54.6 Å². The van der Waals surface area contributed by atoms with E-state index in [0.717, 1.165) is 56.1 Å². The van der Waals surface area contributed by atoms with Crippen LogP contribution in [0.25, 0.3) is 0 Å². The topological polar surface area (TPSA) is 111 Å². The summed E-state index contributed by atoms with van der Waals surface area (Å²) in [6.45, 7) is 5.84. The third kappa shape index (κ3) is 8.34. The van der Waals surface area contributed by atoms with Crippen molar-refractivity contribution >= 4 is 46.0 Å². The molecule has 0 unspecified atom stereocenters. The number of piperazine rings is 1. The number of hydrogen-bond donors (Lipinski definition) is 2. The van der Waals surface area contributed by atoms with E-state index in [0.29, 0.717) is 36.5 Å². The Morgan fingerprint density at radius 1 is 0.788 bits per heavy atom. The molecule has 4 aromatic carbocycles. The van der Waals surface area contributed by atoms with Crippen LogP contribution in [0.3, 0.4) is 0 Å². The maximum absolute atomic E-state index is 13.4. The summed E-state index contributed by atoms with van der Waals surface area (Å²) in [5, 5.41) is 5.99. The van der Waals surface area contributed by atoms with E-state index in [1.54, 1.807) is 12.1 Å². The summed E-state index contributed by atoms with van der Waals surface area (Å²) in [6, 6.07) is 33.5. The average molecular weight is 697 g/mol. The third-order valence-electron chi connectivity index (χ3n) is 9.65. The number of para-hydroxylation sites is 3. The van der Waals surface area contributed by atoms with Gasteiger partial charge in [0.1, 0.15) is 6.26 Å². The van der Waals surface area contributed by atoms with Crippen molar-refractivity contribution in [1.82, 2.24) is 10.3 Å². The van der Waals surface area contributed by atoms with Gasteiger partial charge in [-0.3, -0.25) is 14.4 Å². The lowest BCUT2D eigenvalue weighted by molar-refractivity contribution is -0.117. The molecule has 0 spiro atoms. The monoisotopic (exact) mass is 696 g/mol. The van der Waals surface area contributed by atoms with Crippen molar-refractivity contribution in [2.75, 3.05) is 59.3 Å². The van der Waals surface area contributed by atoms with Crippen molar-refractivity contribution in [3.05, 3.63) is 132 Å². The van der Waals surface area contributed by atoms with Gasteiger partial charge in [0.15, 0.2) is 17.4 Å². The Labute approximate surface area is 304 Å². The van der Waals surface area contributed by atoms with Gasteiger partial charge in [0.05, 0.1) is 17.9 Å². The fraction of sp³-hybridized carbons (Fsp3) is 0.286. The number of aromatic nitrogens is 1. The van der Waals surface area contributed by atoms with Crippen molar-refractivity contribution in [2.24, 2.45) is 0 Å². The van der Waals surface area contributed by atoms with Crippen LogP contribution in [0.5, 0.6) is 0 Å². The predicted octanol–water partition coefficient (Wildman–Crippen LogP) is 7.36. The highest BCUT2D eigenvalue weighted by molar-refractivity contribution is 6.06. The fourth-order valence-electron chi connectivity index (χ4n) is 6.65. The first-order valence-electron chi connectivity index (χ1n) is 18.1. The highest BCUT2D eigenvalue weighted by Gasteiger charge is 2.30. The standard InChI is InChI=1S/C42H44N6O4/c1-30-11-8-9-17-38(30)46-23-25-47(26-24-46)39-21-20-32(27-36(39)44-41(51)37-29-52-42(45-37)31-18-19-31)40(50)43-22-10-16-35(49)28-48(33-12-4-2-5-13-33)34-14-6-3-7-15-34/h2-9,11-15,17,20-21,27,29,31H,10,16,18-19,22-26,28H2,1H3,(H,43,50)(H,44,51). The molecular formula is C42H44N6O4. The zero-order valence-electron chi connectivity index (χ0n) is 29.5. The van der Waals surface area contributed by atoms with Crippen LogP contribution < -0.4 is 25.3 Å². The first-order valence-corrected chi connectivity index (χ1v) is 18.1. The Morgan fingerprint density at radius 3 is 2.08 bits per heavy atom. The van der Waals surface area contributed by atoms with Gasteiger partial charge in [0, 0.05) is 67.7 Å². The number of carbonyl (C=O) groups excluding carboxylic acids is 3. The predicted molar refractivity (Wildman–Crippen MR) is 205 cm³/mol. The van der Waals surface area contributed by atoms with Crippen molar-refractivity contribution in [2.45, 2.75) is 38.5 Å². The SMILES string of the molecule is Cc1ccccc1N1CCN(c2ccc(C(=O)NCCCC(=O)CN(c3ccccc3)c3ccccc3)cc2NC(=O)c2coc(C3CC3)n2)CC1. The molecule has 1 aliphatic heterocycles. The van der Waals surface area contributed by atoms with Crippen molar-refractivity contribution < 1.29 is 18.8 Å². The van der Waals surface area contributed by atoms with Crippen molar-refractivity contribution in [3.8, 4) is 0 Å². The lowest BCUT2D eigenvalue weighted by Gasteiger charge is -2.38. The molecule has 2 heterocycles. The normalized spacial score (nSPS) is 14.2. The molecule has 0 radical (unpaired) electrons. The maximum Gasteiger partial charge on any atom is 0.277 e. The summed E-state index contributed by atoms with van der Waals surface area (Å²) >= 11 is 0. The lowest BCUT2D eigenvalue weighted by Crippen LogP contribution is -2.47. The number of amides is 2. The molecule has 266 valence electrons. The number of oxazole rings is 1. The average Bonchev–Trinajstić information content (AvgIpc) is 3.91. The zero-order valence-corrected chi connectivity index (χ0v) is 29.5. The minimum atomic E-state index is -0.383. The second-order valence-corrected chi connectivity index (χ2v) is 13.4. The van der Waals surface area contributed by atoms with Crippen molar-refractivity contribution in [1.29, 1.82) is 0 Å². The quantitative estimate of drug-likeness (QED) is 0.116. The molecule has 2 amide bonds. The van der Waals surface area contributed by atoms with E-state index in [1.807, 2.05) is 71.6 Å². The van der Waals surface area contributed by atoms with Crippen LogP contribution in [0.2, 0.25) is 0 Å². The minimum Gasteiger partial charge on any atom is -0.448 e. The summed E-state index contributed by atoms with van der Waals surface area (Å²) in [5.74, 6) is 0.308. The molecule has 7 rings (SSSR count). The van der Waals surface area contributed by atoms with Gasteiger partial charge in [-0.25, -0.2) is 4.98 Å². The van der Waals surface area contributed by atoms with Crippen LogP contribution in [-0.2, 0) is 4.79 Å². The summed E-state index contributed by atoms with van der Waals surface area (Å²) in [4.78, 5) is 51.0. The molecule has 0 atom stereocenters. The molecule has 1 aromatic heterocycles. The van der Waals surface area contributed by atoms with E-state index < -0.39 is 0 Å². The number of benzene rings is 4. The molecule has 2 fully saturated rings. The van der Waals surface area contributed by atoms with Gasteiger partial charge in [-0.15, -0.1) is 0 Å². The number of anilines is 5. The van der Waals surface area contributed by atoms with Crippen molar-refractivity contribution in [3.63, 3.8) is 0 Å². The number of rotatable bonds is 14. The fourth-order valence-corrected chi connectivity index (χ4v) is 6.65. The van der Waals surface area contributed by atoms with E-state index in [9.17, 15) is 14.4 Å². The van der Waals surface area contributed by atoms with Crippen LogP contribution in [0.15, 0.2) is 114 Å². The molecule has 1 saturated heterocycles. The number of hydrogen-bond acceptors (Lipinski definition) is 8.